The summed E-state index contributed by atoms with van der Waals surface area (Å²) in [5.41, 5.74) is 2.24. The van der Waals surface area contributed by atoms with Gasteiger partial charge in [0.2, 0.25) is 5.16 Å². The summed E-state index contributed by atoms with van der Waals surface area (Å²) in [6, 6.07) is 10.3. The third-order valence-electron chi connectivity index (χ3n) is 2.92. The van der Waals surface area contributed by atoms with Gasteiger partial charge in [-0.25, -0.2) is 9.97 Å². The highest BCUT2D eigenvalue weighted by atomic mass is 32.2. The number of aromatic amines is 1. The lowest BCUT2D eigenvalue weighted by atomic mass is 10.2. The van der Waals surface area contributed by atoms with Gasteiger partial charge in [0.1, 0.15) is 10.8 Å². The second-order valence-corrected chi connectivity index (χ2v) is 6.41. The Morgan fingerprint density at radius 1 is 1.19 bits per heavy atom. The van der Waals surface area contributed by atoms with Gasteiger partial charge >= 0.3 is 0 Å². The molecule has 3 rings (SSSR count). The molecule has 2 heterocycles. The lowest BCUT2D eigenvalue weighted by molar-refractivity contribution is 0.840. The van der Waals surface area contributed by atoms with Crippen LogP contribution in [-0.2, 0) is 12.2 Å². The monoisotopic (exact) mass is 316 g/mol. The van der Waals surface area contributed by atoms with Crippen LogP contribution in [0, 0.1) is 0 Å². The Morgan fingerprint density at radius 3 is 2.86 bits per heavy atom. The molecule has 0 spiro atoms. The first-order valence-electron chi connectivity index (χ1n) is 6.89. The van der Waals surface area contributed by atoms with Crippen LogP contribution < -0.4 is 0 Å². The van der Waals surface area contributed by atoms with Gasteiger partial charge in [0.15, 0.2) is 0 Å². The molecule has 0 saturated heterocycles. The first kappa shape index (κ1) is 14.3. The molecule has 0 saturated carbocycles. The van der Waals surface area contributed by atoms with Crippen LogP contribution in [0.3, 0.4) is 0 Å². The molecular formula is C15H16N4S2. The quantitative estimate of drug-likeness (QED) is 0.693. The van der Waals surface area contributed by atoms with Crippen LogP contribution in [0.4, 0.5) is 0 Å². The average Bonchev–Trinajstić information content (AvgIpc) is 3.16. The van der Waals surface area contributed by atoms with Crippen molar-refractivity contribution in [3.8, 4) is 10.6 Å². The molecule has 0 radical (unpaired) electrons. The van der Waals surface area contributed by atoms with Crippen molar-refractivity contribution >= 4 is 23.1 Å². The van der Waals surface area contributed by atoms with E-state index in [0.717, 1.165) is 40.3 Å². The summed E-state index contributed by atoms with van der Waals surface area (Å²) >= 11 is 3.30. The Morgan fingerprint density at radius 2 is 2.05 bits per heavy atom. The van der Waals surface area contributed by atoms with Gasteiger partial charge in [-0.15, -0.1) is 16.4 Å². The molecule has 1 N–H and O–H groups in total. The van der Waals surface area contributed by atoms with Crippen molar-refractivity contribution in [2.24, 2.45) is 0 Å². The highest BCUT2D eigenvalue weighted by Gasteiger charge is 2.07. The Labute approximate surface area is 132 Å². The van der Waals surface area contributed by atoms with E-state index in [2.05, 4.69) is 44.6 Å². The van der Waals surface area contributed by atoms with Crippen molar-refractivity contribution in [3.05, 3.63) is 47.2 Å². The molecule has 0 fully saturated rings. The van der Waals surface area contributed by atoms with Crippen molar-refractivity contribution in [3.63, 3.8) is 0 Å². The number of thioether (sulfide) groups is 1. The highest BCUT2D eigenvalue weighted by molar-refractivity contribution is 7.98. The van der Waals surface area contributed by atoms with Crippen molar-refractivity contribution in [1.29, 1.82) is 0 Å². The maximum Gasteiger partial charge on any atom is 0.208 e. The fourth-order valence-corrected chi connectivity index (χ4v) is 3.56. The SMILES string of the molecule is CCCc1nc(SCc2csc(-c3ccccc3)n2)n[nH]1. The van der Waals surface area contributed by atoms with Gasteiger partial charge in [0, 0.05) is 23.1 Å². The lowest BCUT2D eigenvalue weighted by Gasteiger charge is -1.94. The van der Waals surface area contributed by atoms with E-state index < -0.39 is 0 Å². The van der Waals surface area contributed by atoms with Crippen molar-refractivity contribution in [1.82, 2.24) is 20.2 Å². The Kier molecular flexibility index (Phi) is 4.67. The number of hydrogen-bond acceptors (Lipinski definition) is 5. The summed E-state index contributed by atoms with van der Waals surface area (Å²) in [6.45, 7) is 2.13. The highest BCUT2D eigenvalue weighted by Crippen LogP contribution is 2.26. The number of benzene rings is 1. The molecular weight excluding hydrogens is 300 g/mol. The van der Waals surface area contributed by atoms with Crippen LogP contribution in [-0.4, -0.2) is 20.2 Å². The van der Waals surface area contributed by atoms with Crippen molar-refractivity contribution in [2.75, 3.05) is 0 Å². The van der Waals surface area contributed by atoms with E-state index in [0.29, 0.717) is 0 Å². The molecule has 2 aromatic heterocycles. The fourth-order valence-electron chi connectivity index (χ4n) is 1.92. The first-order valence-corrected chi connectivity index (χ1v) is 8.75. The number of rotatable bonds is 6. The summed E-state index contributed by atoms with van der Waals surface area (Å²) in [6.07, 6.45) is 2.02. The van der Waals surface area contributed by atoms with E-state index in [4.69, 9.17) is 0 Å². The molecule has 21 heavy (non-hydrogen) atoms. The summed E-state index contributed by atoms with van der Waals surface area (Å²) < 4.78 is 0. The van der Waals surface area contributed by atoms with Gasteiger partial charge < -0.3 is 0 Å². The minimum Gasteiger partial charge on any atom is -0.262 e. The zero-order chi connectivity index (χ0) is 14.5. The largest absolute Gasteiger partial charge is 0.262 e. The van der Waals surface area contributed by atoms with Crippen LogP contribution in [0.15, 0.2) is 40.9 Å². The molecule has 0 atom stereocenters. The van der Waals surface area contributed by atoms with Crippen LogP contribution in [0.5, 0.6) is 0 Å². The predicted octanol–water partition coefficient (Wildman–Crippen LogP) is 4.17. The maximum absolute atomic E-state index is 4.67. The molecule has 0 amide bonds. The first-order chi connectivity index (χ1) is 10.3. The number of aryl methyl sites for hydroxylation is 1. The molecule has 0 aliphatic carbocycles. The molecule has 4 nitrogen and oxygen atoms in total. The zero-order valence-corrected chi connectivity index (χ0v) is 13.4. The standard InChI is InChI=1S/C15H16N4S2/c1-2-6-13-17-15(19-18-13)21-10-12-9-20-14(16-12)11-7-4-3-5-8-11/h3-5,7-9H,2,6,10H2,1H3,(H,17,18,19). The molecule has 1 aromatic carbocycles. The van der Waals surface area contributed by atoms with Gasteiger partial charge in [-0.2, -0.15) is 0 Å². The van der Waals surface area contributed by atoms with E-state index in [9.17, 15) is 0 Å². The van der Waals surface area contributed by atoms with Gasteiger partial charge in [0.05, 0.1) is 5.69 Å². The fraction of sp³-hybridized carbons (Fsp3) is 0.267. The van der Waals surface area contributed by atoms with E-state index in [1.807, 2.05) is 18.2 Å². The Balaban J connectivity index is 1.62. The normalized spacial score (nSPS) is 10.9. The third-order valence-corrected chi connectivity index (χ3v) is 4.74. The molecule has 3 aromatic rings. The summed E-state index contributed by atoms with van der Waals surface area (Å²) in [4.78, 5) is 9.12. The van der Waals surface area contributed by atoms with Gasteiger partial charge in [-0.3, -0.25) is 5.10 Å². The molecule has 6 heteroatoms. The minimum absolute atomic E-state index is 0.798. The van der Waals surface area contributed by atoms with E-state index >= 15 is 0 Å². The number of nitrogens with zero attached hydrogens (tertiary/aromatic N) is 3. The summed E-state index contributed by atoms with van der Waals surface area (Å²) in [5, 5.41) is 11.2. The molecule has 108 valence electrons. The number of H-pyrrole nitrogens is 1. The zero-order valence-electron chi connectivity index (χ0n) is 11.7. The van der Waals surface area contributed by atoms with Crippen molar-refractivity contribution in [2.45, 2.75) is 30.7 Å². The Bertz CT molecular complexity index is 691. The molecule has 0 aliphatic heterocycles. The van der Waals surface area contributed by atoms with E-state index in [1.165, 1.54) is 5.56 Å². The predicted molar refractivity (Wildman–Crippen MR) is 87.5 cm³/mol. The number of nitrogens with one attached hydrogen (secondary N) is 1. The summed E-state index contributed by atoms with van der Waals surface area (Å²) in [5.74, 6) is 1.76. The van der Waals surface area contributed by atoms with Crippen LogP contribution in [0.1, 0.15) is 24.9 Å². The smallest absolute Gasteiger partial charge is 0.208 e. The summed E-state index contributed by atoms with van der Waals surface area (Å²) in [7, 11) is 0. The lowest BCUT2D eigenvalue weighted by Crippen LogP contribution is -1.85. The van der Waals surface area contributed by atoms with Gasteiger partial charge in [0.25, 0.3) is 0 Å². The number of aromatic nitrogens is 4. The van der Waals surface area contributed by atoms with Crippen LogP contribution in [0.25, 0.3) is 10.6 Å². The molecule has 0 aliphatic rings. The van der Waals surface area contributed by atoms with Crippen molar-refractivity contribution < 1.29 is 0 Å². The number of thiazole rings is 1. The van der Waals surface area contributed by atoms with E-state index in [-0.39, 0.29) is 0 Å². The topological polar surface area (TPSA) is 54.5 Å². The van der Waals surface area contributed by atoms with E-state index in [1.54, 1.807) is 23.1 Å². The second-order valence-electron chi connectivity index (χ2n) is 4.61. The van der Waals surface area contributed by atoms with Crippen LogP contribution >= 0.6 is 23.1 Å². The van der Waals surface area contributed by atoms with Crippen LogP contribution in [0.2, 0.25) is 0 Å². The van der Waals surface area contributed by atoms with Gasteiger partial charge in [-0.1, -0.05) is 49.0 Å². The average molecular weight is 316 g/mol. The second kappa shape index (κ2) is 6.87. The maximum atomic E-state index is 4.67. The third kappa shape index (κ3) is 3.71. The Hall–Kier alpha value is -1.66. The minimum atomic E-state index is 0.798. The molecule has 0 unspecified atom stereocenters. The molecule has 0 bridgehead atoms. The number of hydrogen-bond donors (Lipinski definition) is 1. The van der Waals surface area contributed by atoms with Gasteiger partial charge in [-0.05, 0) is 6.42 Å².